The first-order chi connectivity index (χ1) is 15.4. The minimum Gasteiger partial charge on any atom is -0.206 e. The molecule has 4 rings (SSSR count). The Balaban J connectivity index is 1.42. The number of halogens is 4. The third kappa shape index (κ3) is 4.99. The van der Waals surface area contributed by atoms with Gasteiger partial charge in [-0.3, -0.25) is 0 Å². The summed E-state index contributed by atoms with van der Waals surface area (Å²) in [4.78, 5) is 0. The molecule has 0 spiro atoms. The van der Waals surface area contributed by atoms with Crippen LogP contribution in [0.4, 0.5) is 17.6 Å². The van der Waals surface area contributed by atoms with Crippen LogP contribution in [-0.4, -0.2) is 0 Å². The highest BCUT2D eigenvalue weighted by Gasteiger charge is 2.22. The van der Waals surface area contributed by atoms with Crippen molar-refractivity contribution in [1.29, 1.82) is 0 Å². The highest BCUT2D eigenvalue weighted by atomic mass is 19.2. The lowest BCUT2D eigenvalue weighted by Crippen LogP contribution is -2.12. The lowest BCUT2D eigenvalue weighted by atomic mass is 9.78. The van der Waals surface area contributed by atoms with E-state index < -0.39 is 23.3 Å². The van der Waals surface area contributed by atoms with Crippen LogP contribution in [0.2, 0.25) is 0 Å². The Morgan fingerprint density at radius 3 is 2.09 bits per heavy atom. The average molecular weight is 439 g/mol. The number of aryl methyl sites for hydroxylation is 1. The van der Waals surface area contributed by atoms with Gasteiger partial charge in [0.05, 0.1) is 5.56 Å². The maximum atomic E-state index is 14.4. The van der Waals surface area contributed by atoms with E-state index in [4.69, 9.17) is 0 Å². The smallest absolute Gasteiger partial charge is 0.159 e. The zero-order valence-corrected chi connectivity index (χ0v) is 18.2. The predicted molar refractivity (Wildman–Crippen MR) is 120 cm³/mol. The van der Waals surface area contributed by atoms with Gasteiger partial charge < -0.3 is 0 Å². The fourth-order valence-corrected chi connectivity index (χ4v) is 4.53. The summed E-state index contributed by atoms with van der Waals surface area (Å²) < 4.78 is 55.7. The molecular formula is C28H26F4. The van der Waals surface area contributed by atoms with Crippen LogP contribution in [0, 0.1) is 41.0 Å². The molecule has 0 aromatic heterocycles. The molecule has 0 bridgehead atoms. The van der Waals surface area contributed by atoms with Crippen molar-refractivity contribution in [2.45, 2.75) is 57.8 Å². The molecule has 1 fully saturated rings. The number of benzene rings is 3. The van der Waals surface area contributed by atoms with E-state index in [0.717, 1.165) is 44.1 Å². The second kappa shape index (κ2) is 9.77. The van der Waals surface area contributed by atoms with E-state index in [1.165, 1.54) is 24.3 Å². The number of rotatable bonds is 4. The van der Waals surface area contributed by atoms with E-state index in [1.807, 2.05) is 25.1 Å². The molecule has 1 aliphatic rings. The van der Waals surface area contributed by atoms with Gasteiger partial charge in [0.15, 0.2) is 11.6 Å². The lowest BCUT2D eigenvalue weighted by Gasteiger charge is -2.26. The molecule has 0 unspecified atom stereocenters. The van der Waals surface area contributed by atoms with Crippen LogP contribution in [0.25, 0.3) is 10.8 Å². The molecule has 32 heavy (non-hydrogen) atoms. The summed E-state index contributed by atoms with van der Waals surface area (Å²) in [6, 6.07) is 11.0. The molecule has 1 aliphatic carbocycles. The van der Waals surface area contributed by atoms with Crippen molar-refractivity contribution in [1.82, 2.24) is 0 Å². The number of hydrogen-bond donors (Lipinski definition) is 0. The third-order valence-corrected chi connectivity index (χ3v) is 6.42. The second-order valence-corrected chi connectivity index (χ2v) is 8.73. The molecule has 3 aromatic rings. The molecule has 0 amide bonds. The molecule has 0 N–H and O–H groups in total. The van der Waals surface area contributed by atoms with E-state index >= 15 is 0 Å². The second-order valence-electron chi connectivity index (χ2n) is 8.73. The Kier molecular flexibility index (Phi) is 6.84. The molecular weight excluding hydrogens is 412 g/mol. The third-order valence-electron chi connectivity index (χ3n) is 6.42. The van der Waals surface area contributed by atoms with Crippen LogP contribution < -0.4 is 0 Å². The molecule has 0 aliphatic heterocycles. The monoisotopic (exact) mass is 438 g/mol. The summed E-state index contributed by atoms with van der Waals surface area (Å²) in [7, 11) is 0. The van der Waals surface area contributed by atoms with Crippen LogP contribution in [0.5, 0.6) is 0 Å². The number of fused-ring (bicyclic) bond motifs is 1. The predicted octanol–water partition coefficient (Wildman–Crippen LogP) is 8.06. The molecule has 0 nitrogen and oxygen atoms in total. The Bertz CT molecular complexity index is 1150. The van der Waals surface area contributed by atoms with Gasteiger partial charge in [-0.2, -0.15) is 0 Å². The van der Waals surface area contributed by atoms with E-state index in [2.05, 4.69) is 11.8 Å². The van der Waals surface area contributed by atoms with E-state index in [1.54, 1.807) is 0 Å². The summed E-state index contributed by atoms with van der Waals surface area (Å²) in [5.74, 6) is 3.38. The van der Waals surface area contributed by atoms with E-state index in [-0.39, 0.29) is 11.5 Å². The minimum atomic E-state index is -0.841. The summed E-state index contributed by atoms with van der Waals surface area (Å²) in [5.41, 5.74) is 1.64. The Morgan fingerprint density at radius 1 is 0.781 bits per heavy atom. The van der Waals surface area contributed by atoms with Crippen LogP contribution in [0.3, 0.4) is 0 Å². The van der Waals surface area contributed by atoms with Crippen molar-refractivity contribution < 1.29 is 17.6 Å². The van der Waals surface area contributed by atoms with Crippen LogP contribution >= 0.6 is 0 Å². The molecule has 3 aromatic carbocycles. The summed E-state index contributed by atoms with van der Waals surface area (Å²) in [5, 5.41) is 1.37. The van der Waals surface area contributed by atoms with Crippen LogP contribution in [0.15, 0.2) is 42.5 Å². The summed E-state index contributed by atoms with van der Waals surface area (Å²) >= 11 is 0. The topological polar surface area (TPSA) is 0 Å². The Morgan fingerprint density at radius 2 is 1.44 bits per heavy atom. The number of unbranched alkanes of at least 4 members (excludes halogenated alkanes) is 1. The highest BCUT2D eigenvalue weighted by Crippen LogP contribution is 2.37. The largest absolute Gasteiger partial charge is 0.206 e. The van der Waals surface area contributed by atoms with E-state index in [0.29, 0.717) is 28.7 Å². The van der Waals surface area contributed by atoms with Gasteiger partial charge in [0.25, 0.3) is 0 Å². The molecule has 0 heterocycles. The number of hydrogen-bond acceptors (Lipinski definition) is 0. The normalized spacial score (nSPS) is 18.4. The van der Waals surface area contributed by atoms with Crippen molar-refractivity contribution in [2.75, 3.05) is 0 Å². The quantitative estimate of drug-likeness (QED) is 0.285. The standard InChI is InChI=1S/C28H26F4/c1-2-3-4-19-13-25(29)24(26(30)14-19)12-7-18-5-8-20(9-6-18)21-10-11-22-16-27(31)28(32)17-23(22)15-21/h10-11,13-18,20H,2-6,8-9H2,1H3. The van der Waals surface area contributed by atoms with Gasteiger partial charge in [-0.1, -0.05) is 43.4 Å². The van der Waals surface area contributed by atoms with Gasteiger partial charge in [-0.15, -0.1) is 0 Å². The van der Waals surface area contributed by atoms with Gasteiger partial charge in [0.2, 0.25) is 0 Å². The Labute approximate surface area is 186 Å². The maximum absolute atomic E-state index is 14.4. The Hall–Kier alpha value is -2.80. The summed E-state index contributed by atoms with van der Waals surface area (Å²) in [6.45, 7) is 2.04. The van der Waals surface area contributed by atoms with Gasteiger partial charge in [0, 0.05) is 5.92 Å². The fourth-order valence-electron chi connectivity index (χ4n) is 4.53. The zero-order chi connectivity index (χ0) is 22.7. The molecule has 1 saturated carbocycles. The van der Waals surface area contributed by atoms with Crippen molar-refractivity contribution in [3.8, 4) is 11.8 Å². The van der Waals surface area contributed by atoms with Gasteiger partial charge in [-0.05, 0) is 90.6 Å². The minimum absolute atomic E-state index is 0.0943. The van der Waals surface area contributed by atoms with Gasteiger partial charge in [0.1, 0.15) is 11.6 Å². The average Bonchev–Trinajstić information content (AvgIpc) is 2.78. The first-order valence-electron chi connectivity index (χ1n) is 11.3. The fraction of sp³-hybridized carbons (Fsp3) is 0.357. The van der Waals surface area contributed by atoms with Gasteiger partial charge >= 0.3 is 0 Å². The first-order valence-corrected chi connectivity index (χ1v) is 11.3. The zero-order valence-electron chi connectivity index (χ0n) is 18.2. The maximum Gasteiger partial charge on any atom is 0.159 e. The lowest BCUT2D eigenvalue weighted by molar-refractivity contribution is 0.385. The molecule has 0 atom stereocenters. The van der Waals surface area contributed by atoms with Crippen molar-refractivity contribution in [3.63, 3.8) is 0 Å². The van der Waals surface area contributed by atoms with Gasteiger partial charge in [-0.25, -0.2) is 17.6 Å². The van der Waals surface area contributed by atoms with Crippen molar-refractivity contribution in [3.05, 3.63) is 82.4 Å². The van der Waals surface area contributed by atoms with E-state index in [9.17, 15) is 17.6 Å². The highest BCUT2D eigenvalue weighted by molar-refractivity contribution is 5.83. The van der Waals surface area contributed by atoms with Crippen molar-refractivity contribution in [2.24, 2.45) is 5.92 Å². The molecule has 166 valence electrons. The first kappa shape index (κ1) is 22.4. The molecule has 0 saturated heterocycles. The van der Waals surface area contributed by atoms with Crippen LogP contribution in [0.1, 0.15) is 68.1 Å². The summed E-state index contributed by atoms with van der Waals surface area (Å²) in [6.07, 6.45) is 6.01. The van der Waals surface area contributed by atoms with Crippen LogP contribution in [-0.2, 0) is 6.42 Å². The SMILES string of the molecule is CCCCc1cc(F)c(C#CC2CCC(c3ccc4cc(F)c(F)cc4c3)CC2)c(F)c1. The molecule has 0 radical (unpaired) electrons. The molecule has 4 heteroatoms. The van der Waals surface area contributed by atoms with Crippen molar-refractivity contribution >= 4 is 10.8 Å².